The number of rotatable bonds is 5. The summed E-state index contributed by atoms with van der Waals surface area (Å²) >= 11 is 0. The first-order chi connectivity index (χ1) is 12.6. The molecule has 2 rings (SSSR count). The predicted molar refractivity (Wildman–Crippen MR) is 98.4 cm³/mol. The van der Waals surface area contributed by atoms with E-state index in [9.17, 15) is 19.1 Å². The minimum absolute atomic E-state index is 0.0633. The van der Waals surface area contributed by atoms with Crippen LogP contribution in [0, 0.1) is 5.82 Å². The molecular formula is C20H22FNO5. The van der Waals surface area contributed by atoms with Crippen molar-refractivity contribution >= 4 is 12.1 Å². The lowest BCUT2D eigenvalue weighted by Gasteiger charge is -2.19. The number of carbonyl (C=O) groups excluding carboxylic acids is 1. The molecule has 0 saturated heterocycles. The maximum atomic E-state index is 14.3. The Balaban J connectivity index is 2.26. The summed E-state index contributed by atoms with van der Waals surface area (Å²) < 4.78 is 24.5. The SMILES string of the molecule is COc1ccc(-c2cc(CNC(=O)OC(C)(C)C)ccc2F)cc1C(=O)O. The van der Waals surface area contributed by atoms with Gasteiger partial charge in [0.2, 0.25) is 0 Å². The Labute approximate surface area is 156 Å². The van der Waals surface area contributed by atoms with Gasteiger partial charge in [0.15, 0.2) is 0 Å². The molecule has 0 heterocycles. The first-order valence-corrected chi connectivity index (χ1v) is 8.27. The second-order valence-corrected chi connectivity index (χ2v) is 6.89. The molecule has 7 heteroatoms. The first-order valence-electron chi connectivity index (χ1n) is 8.27. The number of amides is 1. The summed E-state index contributed by atoms with van der Waals surface area (Å²) in [5.74, 6) is -1.48. The fraction of sp³-hybridized carbons (Fsp3) is 0.300. The van der Waals surface area contributed by atoms with Crippen molar-refractivity contribution in [2.45, 2.75) is 32.9 Å². The van der Waals surface area contributed by atoms with Gasteiger partial charge in [0.1, 0.15) is 22.7 Å². The molecule has 0 unspecified atom stereocenters. The van der Waals surface area contributed by atoms with E-state index in [1.54, 1.807) is 32.9 Å². The molecule has 0 aliphatic rings. The summed E-state index contributed by atoms with van der Waals surface area (Å²) in [4.78, 5) is 23.1. The molecule has 0 aromatic heterocycles. The van der Waals surface area contributed by atoms with Gasteiger partial charge in [-0.2, -0.15) is 0 Å². The summed E-state index contributed by atoms with van der Waals surface area (Å²) in [6, 6.07) is 8.77. The Hall–Kier alpha value is -3.09. The highest BCUT2D eigenvalue weighted by molar-refractivity contribution is 5.92. The molecule has 6 nitrogen and oxygen atoms in total. The zero-order chi connectivity index (χ0) is 20.2. The Bertz CT molecular complexity index is 858. The van der Waals surface area contributed by atoms with Crippen LogP contribution in [0.4, 0.5) is 9.18 Å². The lowest BCUT2D eigenvalue weighted by molar-refractivity contribution is 0.0523. The van der Waals surface area contributed by atoms with Crippen molar-refractivity contribution in [3.8, 4) is 16.9 Å². The second-order valence-electron chi connectivity index (χ2n) is 6.89. The molecule has 2 N–H and O–H groups in total. The number of aromatic carboxylic acids is 1. The Kier molecular flexibility index (Phi) is 6.05. The number of hydrogen-bond acceptors (Lipinski definition) is 4. The summed E-state index contributed by atoms with van der Waals surface area (Å²) in [7, 11) is 1.37. The van der Waals surface area contributed by atoms with Gasteiger partial charge >= 0.3 is 12.1 Å². The number of carboxylic acids is 1. The quantitative estimate of drug-likeness (QED) is 0.817. The topological polar surface area (TPSA) is 84.9 Å². The molecule has 144 valence electrons. The summed E-state index contributed by atoms with van der Waals surface area (Å²) in [5.41, 5.74) is 0.582. The number of carboxylic acid groups (broad SMARTS) is 1. The minimum Gasteiger partial charge on any atom is -0.496 e. The highest BCUT2D eigenvalue weighted by Crippen LogP contribution is 2.29. The van der Waals surface area contributed by atoms with Crippen molar-refractivity contribution in [2.75, 3.05) is 7.11 Å². The molecule has 1 amide bonds. The van der Waals surface area contributed by atoms with Crippen LogP contribution in [0.5, 0.6) is 5.75 Å². The van der Waals surface area contributed by atoms with Gasteiger partial charge in [0.25, 0.3) is 0 Å². The van der Waals surface area contributed by atoms with Crippen molar-refractivity contribution in [1.29, 1.82) is 0 Å². The van der Waals surface area contributed by atoms with Gasteiger partial charge in [-0.15, -0.1) is 0 Å². The van der Waals surface area contributed by atoms with Crippen LogP contribution in [0.25, 0.3) is 11.1 Å². The summed E-state index contributed by atoms with van der Waals surface area (Å²) in [6.07, 6.45) is -0.578. The predicted octanol–water partition coefficient (Wildman–Crippen LogP) is 4.22. The van der Waals surface area contributed by atoms with Crippen LogP contribution in [-0.4, -0.2) is 29.9 Å². The van der Waals surface area contributed by atoms with E-state index in [1.165, 1.54) is 31.4 Å². The van der Waals surface area contributed by atoms with E-state index in [4.69, 9.17) is 9.47 Å². The van der Waals surface area contributed by atoms with Crippen molar-refractivity contribution < 1.29 is 28.6 Å². The van der Waals surface area contributed by atoms with Gasteiger partial charge in [-0.05, 0) is 56.2 Å². The smallest absolute Gasteiger partial charge is 0.407 e. The Morgan fingerprint density at radius 2 is 1.85 bits per heavy atom. The maximum Gasteiger partial charge on any atom is 0.407 e. The van der Waals surface area contributed by atoms with Gasteiger partial charge in [0, 0.05) is 12.1 Å². The van der Waals surface area contributed by atoms with Crippen molar-refractivity contribution in [1.82, 2.24) is 5.32 Å². The molecule has 0 bridgehead atoms. The van der Waals surface area contributed by atoms with E-state index < -0.39 is 23.5 Å². The van der Waals surface area contributed by atoms with Crippen molar-refractivity contribution in [3.05, 3.63) is 53.3 Å². The van der Waals surface area contributed by atoms with Gasteiger partial charge in [-0.1, -0.05) is 12.1 Å². The lowest BCUT2D eigenvalue weighted by Crippen LogP contribution is -2.32. The fourth-order valence-corrected chi connectivity index (χ4v) is 2.43. The van der Waals surface area contributed by atoms with Crippen LogP contribution >= 0.6 is 0 Å². The standard InChI is InChI=1S/C20H22FNO5/c1-20(2,3)27-19(25)22-11-12-5-7-16(21)14(9-12)13-6-8-17(26-4)15(10-13)18(23)24/h5-10H,11H2,1-4H3,(H,22,25)(H,23,24). The van der Waals surface area contributed by atoms with Gasteiger partial charge in [-0.3, -0.25) is 0 Å². The highest BCUT2D eigenvalue weighted by Gasteiger charge is 2.17. The van der Waals surface area contributed by atoms with Crippen LogP contribution in [0.1, 0.15) is 36.7 Å². The van der Waals surface area contributed by atoms with Crippen LogP contribution in [0.15, 0.2) is 36.4 Å². The third-order valence-electron chi connectivity index (χ3n) is 3.61. The number of nitrogens with one attached hydrogen (secondary N) is 1. The van der Waals surface area contributed by atoms with Crippen molar-refractivity contribution in [2.24, 2.45) is 0 Å². The number of alkyl carbamates (subject to hydrolysis) is 1. The average Bonchev–Trinajstić information content (AvgIpc) is 2.59. The molecular weight excluding hydrogens is 353 g/mol. The van der Waals surface area contributed by atoms with E-state index >= 15 is 0 Å². The largest absolute Gasteiger partial charge is 0.496 e. The molecule has 0 fully saturated rings. The molecule has 0 saturated carbocycles. The number of benzene rings is 2. The summed E-state index contributed by atoms with van der Waals surface area (Å²) in [6.45, 7) is 5.41. The number of ether oxygens (including phenoxy) is 2. The van der Waals surface area contributed by atoms with Crippen molar-refractivity contribution in [3.63, 3.8) is 0 Å². The van der Waals surface area contributed by atoms with E-state index in [-0.39, 0.29) is 23.4 Å². The molecule has 2 aromatic rings. The monoisotopic (exact) mass is 375 g/mol. The number of halogens is 1. The lowest BCUT2D eigenvalue weighted by atomic mass is 10.00. The maximum absolute atomic E-state index is 14.3. The normalized spacial score (nSPS) is 11.0. The molecule has 0 radical (unpaired) electrons. The molecule has 0 aliphatic heterocycles. The second kappa shape index (κ2) is 8.07. The zero-order valence-electron chi connectivity index (χ0n) is 15.6. The first kappa shape index (κ1) is 20.2. The molecule has 2 aromatic carbocycles. The van der Waals surface area contributed by atoms with Gasteiger partial charge < -0.3 is 19.9 Å². The minimum atomic E-state index is -1.17. The van der Waals surface area contributed by atoms with Crippen LogP contribution in [0.3, 0.4) is 0 Å². The zero-order valence-corrected chi connectivity index (χ0v) is 15.6. The Morgan fingerprint density at radius 1 is 1.15 bits per heavy atom. The number of hydrogen-bond donors (Lipinski definition) is 2. The highest BCUT2D eigenvalue weighted by atomic mass is 19.1. The molecule has 0 atom stereocenters. The van der Waals surface area contributed by atoms with E-state index in [2.05, 4.69) is 5.32 Å². The van der Waals surface area contributed by atoms with Gasteiger partial charge in [0.05, 0.1) is 7.11 Å². The van der Waals surface area contributed by atoms with E-state index in [0.717, 1.165) is 0 Å². The number of methoxy groups -OCH3 is 1. The summed E-state index contributed by atoms with van der Waals surface area (Å²) in [5, 5.41) is 11.9. The average molecular weight is 375 g/mol. The van der Waals surface area contributed by atoms with E-state index in [1.807, 2.05) is 0 Å². The number of carbonyl (C=O) groups is 2. The van der Waals surface area contributed by atoms with E-state index in [0.29, 0.717) is 11.1 Å². The third kappa shape index (κ3) is 5.44. The fourth-order valence-electron chi connectivity index (χ4n) is 2.43. The molecule has 27 heavy (non-hydrogen) atoms. The van der Waals surface area contributed by atoms with Crippen LogP contribution in [0.2, 0.25) is 0 Å². The molecule has 0 aliphatic carbocycles. The molecule has 0 spiro atoms. The van der Waals surface area contributed by atoms with Gasteiger partial charge in [-0.25, -0.2) is 14.0 Å². The van der Waals surface area contributed by atoms with Crippen LogP contribution in [-0.2, 0) is 11.3 Å². The van der Waals surface area contributed by atoms with Crippen LogP contribution < -0.4 is 10.1 Å². The third-order valence-corrected chi connectivity index (χ3v) is 3.61. The Morgan fingerprint density at radius 3 is 2.44 bits per heavy atom.